The number of fused-ring (bicyclic) bond motifs is 1. The van der Waals surface area contributed by atoms with Crippen LogP contribution in [0.2, 0.25) is 0 Å². The van der Waals surface area contributed by atoms with Crippen LogP contribution in [-0.4, -0.2) is 41.8 Å². The van der Waals surface area contributed by atoms with Crippen LogP contribution in [0.1, 0.15) is 56.2 Å². The Kier molecular flexibility index (Phi) is 6.48. The first-order valence-electron chi connectivity index (χ1n) is 10.3. The summed E-state index contributed by atoms with van der Waals surface area (Å²) in [6.45, 7) is 9.73. The Morgan fingerprint density at radius 2 is 1.97 bits per heavy atom. The third-order valence-electron chi connectivity index (χ3n) is 4.66. The van der Waals surface area contributed by atoms with E-state index in [4.69, 9.17) is 9.47 Å². The Balaban J connectivity index is 2.07. The van der Waals surface area contributed by atoms with Crippen LogP contribution in [0.25, 0.3) is 0 Å². The van der Waals surface area contributed by atoms with Gasteiger partial charge in [0.15, 0.2) is 0 Å². The van der Waals surface area contributed by atoms with Gasteiger partial charge in [0.25, 0.3) is 5.91 Å². The largest absolute Gasteiger partial charge is 0.474 e. The van der Waals surface area contributed by atoms with Crippen LogP contribution >= 0.6 is 0 Å². The second kappa shape index (κ2) is 8.91. The summed E-state index contributed by atoms with van der Waals surface area (Å²) in [7, 11) is 0. The number of nitrogens with one attached hydrogen (secondary N) is 1. The molecule has 0 bridgehead atoms. The maximum Gasteiger partial charge on any atom is 0.415 e. The molecule has 2 heterocycles. The van der Waals surface area contributed by atoms with Gasteiger partial charge in [0.2, 0.25) is 5.88 Å². The summed E-state index contributed by atoms with van der Waals surface area (Å²) in [4.78, 5) is 31.5. The highest BCUT2D eigenvalue weighted by Crippen LogP contribution is 2.36. The highest BCUT2D eigenvalue weighted by atomic mass is 19.1. The van der Waals surface area contributed by atoms with E-state index < -0.39 is 11.7 Å². The number of hydrogen-bond acceptors (Lipinski definition) is 5. The number of hydrogen-bond donors (Lipinski definition) is 1. The normalized spacial score (nSPS) is 15.7. The number of nitrogens with zero attached hydrogens (tertiary/aromatic N) is 2. The molecule has 0 spiro atoms. The van der Waals surface area contributed by atoms with E-state index in [1.807, 2.05) is 13.8 Å². The standard InChI is InChI=1S/C23H28FN3O4/c1-6-25-20(28)19-16(11-15-7-9-17(24)10-8-15)12-18-21(26-19)30-13-14(2)27(18)22(29)31-23(3,4)5/h7-10,12,14H,6,11,13H2,1-5H3,(H,25,28)/t14-/m0/s1. The highest BCUT2D eigenvalue weighted by molar-refractivity contribution is 5.96. The van der Waals surface area contributed by atoms with Crippen molar-refractivity contribution < 1.29 is 23.5 Å². The predicted molar refractivity (Wildman–Crippen MR) is 115 cm³/mol. The number of halogens is 1. The van der Waals surface area contributed by atoms with Crippen molar-refractivity contribution in [1.29, 1.82) is 0 Å². The van der Waals surface area contributed by atoms with Gasteiger partial charge in [0.05, 0.1) is 6.04 Å². The molecule has 2 aromatic rings. The SMILES string of the molecule is CCNC(=O)c1nc2c(cc1Cc1ccc(F)cc1)N(C(=O)OC(C)(C)C)[C@@H](C)CO2. The topological polar surface area (TPSA) is 80.8 Å². The van der Waals surface area contributed by atoms with Crippen LogP contribution in [0.5, 0.6) is 5.88 Å². The summed E-state index contributed by atoms with van der Waals surface area (Å²) in [5, 5.41) is 2.76. The molecule has 0 saturated carbocycles. The summed E-state index contributed by atoms with van der Waals surface area (Å²) in [5.41, 5.74) is 1.40. The molecule has 1 aromatic heterocycles. The van der Waals surface area contributed by atoms with Crippen LogP contribution in [0.3, 0.4) is 0 Å². The van der Waals surface area contributed by atoms with Gasteiger partial charge >= 0.3 is 6.09 Å². The number of ether oxygens (including phenoxy) is 2. The lowest BCUT2D eigenvalue weighted by molar-refractivity contribution is 0.0546. The number of pyridine rings is 1. The second-order valence-electron chi connectivity index (χ2n) is 8.49. The first kappa shape index (κ1) is 22.5. The van der Waals surface area contributed by atoms with Crippen LogP contribution in [0.15, 0.2) is 30.3 Å². The van der Waals surface area contributed by atoms with Gasteiger partial charge in [-0.2, -0.15) is 0 Å². The van der Waals surface area contributed by atoms with Crippen molar-refractivity contribution in [3.05, 3.63) is 53.0 Å². The fraction of sp³-hybridized carbons (Fsp3) is 0.435. The van der Waals surface area contributed by atoms with Crippen molar-refractivity contribution >= 4 is 17.7 Å². The van der Waals surface area contributed by atoms with Gasteiger partial charge in [0.1, 0.15) is 29.4 Å². The van der Waals surface area contributed by atoms with E-state index >= 15 is 0 Å². The first-order valence-corrected chi connectivity index (χ1v) is 10.3. The summed E-state index contributed by atoms with van der Waals surface area (Å²) in [6, 6.07) is 7.49. The number of amides is 2. The molecule has 3 rings (SSSR count). The van der Waals surface area contributed by atoms with Gasteiger partial charge in [-0.1, -0.05) is 12.1 Å². The minimum absolute atomic E-state index is 0.202. The second-order valence-corrected chi connectivity index (χ2v) is 8.49. The Bertz CT molecular complexity index is 970. The van der Waals surface area contributed by atoms with Crippen LogP contribution < -0.4 is 15.0 Å². The molecule has 0 radical (unpaired) electrons. The van der Waals surface area contributed by atoms with Gasteiger partial charge in [-0.3, -0.25) is 9.69 Å². The third-order valence-corrected chi connectivity index (χ3v) is 4.66. The van der Waals surface area contributed by atoms with Crippen molar-refractivity contribution in [3.63, 3.8) is 0 Å². The van der Waals surface area contributed by atoms with Gasteiger partial charge in [0, 0.05) is 6.54 Å². The number of rotatable bonds is 4. The van der Waals surface area contributed by atoms with Crippen LogP contribution in [0, 0.1) is 5.82 Å². The monoisotopic (exact) mass is 429 g/mol. The number of anilines is 1. The Morgan fingerprint density at radius 3 is 2.58 bits per heavy atom. The maximum absolute atomic E-state index is 13.3. The molecule has 0 saturated heterocycles. The van der Waals surface area contributed by atoms with E-state index in [9.17, 15) is 14.0 Å². The molecule has 0 fully saturated rings. The Labute approximate surface area is 181 Å². The van der Waals surface area contributed by atoms with Crippen molar-refractivity contribution in [1.82, 2.24) is 10.3 Å². The quantitative estimate of drug-likeness (QED) is 0.792. The van der Waals surface area contributed by atoms with Gasteiger partial charge in [-0.25, -0.2) is 14.2 Å². The molecule has 1 aliphatic heterocycles. The predicted octanol–water partition coefficient (Wildman–Crippen LogP) is 4.08. The summed E-state index contributed by atoms with van der Waals surface area (Å²) >= 11 is 0. The lowest BCUT2D eigenvalue weighted by atomic mass is 10.0. The van der Waals surface area contributed by atoms with E-state index in [0.717, 1.165) is 5.56 Å². The molecule has 1 aliphatic rings. The van der Waals surface area contributed by atoms with E-state index in [1.54, 1.807) is 39.0 Å². The molecule has 2 amide bonds. The lowest BCUT2D eigenvalue weighted by Crippen LogP contribution is -2.47. The zero-order valence-corrected chi connectivity index (χ0v) is 18.5. The number of aromatic nitrogens is 1. The van der Waals surface area contributed by atoms with Crippen LogP contribution in [-0.2, 0) is 11.2 Å². The third kappa shape index (κ3) is 5.31. The molecule has 1 atom stereocenters. The zero-order chi connectivity index (χ0) is 22.8. The van der Waals surface area contributed by atoms with E-state index in [-0.39, 0.29) is 35.9 Å². The molecule has 0 aliphatic carbocycles. The average molecular weight is 429 g/mol. The fourth-order valence-electron chi connectivity index (χ4n) is 3.30. The van der Waals surface area contributed by atoms with E-state index in [0.29, 0.717) is 24.2 Å². The molecular formula is C23H28FN3O4. The van der Waals surface area contributed by atoms with Gasteiger partial charge < -0.3 is 14.8 Å². The molecular weight excluding hydrogens is 401 g/mol. The number of carbonyl (C=O) groups excluding carboxylic acids is 2. The highest BCUT2D eigenvalue weighted by Gasteiger charge is 2.35. The molecule has 7 nitrogen and oxygen atoms in total. The van der Waals surface area contributed by atoms with Crippen LogP contribution in [0.4, 0.5) is 14.9 Å². The number of carbonyl (C=O) groups is 2. The smallest absolute Gasteiger partial charge is 0.415 e. The van der Waals surface area contributed by atoms with Gasteiger partial charge in [-0.15, -0.1) is 0 Å². The summed E-state index contributed by atoms with van der Waals surface area (Å²) in [6.07, 6.45) is -0.173. The number of benzene rings is 1. The lowest BCUT2D eigenvalue weighted by Gasteiger charge is -2.36. The maximum atomic E-state index is 13.3. The molecule has 0 unspecified atom stereocenters. The summed E-state index contributed by atoms with van der Waals surface area (Å²) in [5.74, 6) is -0.476. The molecule has 1 aromatic carbocycles. The van der Waals surface area contributed by atoms with Crippen molar-refractivity contribution in [2.75, 3.05) is 18.1 Å². The summed E-state index contributed by atoms with van der Waals surface area (Å²) < 4.78 is 24.6. The minimum Gasteiger partial charge on any atom is -0.474 e. The Hall–Kier alpha value is -3.16. The first-order chi connectivity index (χ1) is 14.6. The Morgan fingerprint density at radius 1 is 1.29 bits per heavy atom. The average Bonchev–Trinajstić information content (AvgIpc) is 2.68. The molecule has 8 heteroatoms. The molecule has 166 valence electrons. The molecule has 31 heavy (non-hydrogen) atoms. The van der Waals surface area contributed by atoms with Crippen molar-refractivity contribution in [3.8, 4) is 5.88 Å². The molecule has 1 N–H and O–H groups in total. The zero-order valence-electron chi connectivity index (χ0n) is 18.5. The van der Waals surface area contributed by atoms with Crippen molar-refractivity contribution in [2.24, 2.45) is 0 Å². The van der Waals surface area contributed by atoms with Gasteiger partial charge in [-0.05, 0) is 70.4 Å². The van der Waals surface area contributed by atoms with E-state index in [1.165, 1.54) is 17.0 Å². The van der Waals surface area contributed by atoms with E-state index in [2.05, 4.69) is 10.3 Å². The fourth-order valence-corrected chi connectivity index (χ4v) is 3.30. The minimum atomic E-state index is -0.666. The van der Waals surface area contributed by atoms with Crippen molar-refractivity contribution in [2.45, 2.75) is 52.7 Å².